The smallest absolute Gasteiger partial charge is 0.0151 e. The van der Waals surface area contributed by atoms with Gasteiger partial charge in [-0.05, 0) is 31.7 Å². The number of hydrogen-bond donors (Lipinski definition) is 0. The van der Waals surface area contributed by atoms with Gasteiger partial charge < -0.3 is 0 Å². The van der Waals surface area contributed by atoms with E-state index in [1.165, 1.54) is 25.1 Å². The molecule has 0 aliphatic carbocycles. The Morgan fingerprint density at radius 1 is 1.16 bits per heavy atom. The highest BCUT2D eigenvalue weighted by atomic mass is 15.2. The quantitative estimate of drug-likeness (QED) is 0.726. The summed E-state index contributed by atoms with van der Waals surface area (Å²) in [6.07, 6.45) is 1.22. The van der Waals surface area contributed by atoms with Gasteiger partial charge >= 0.3 is 0 Å². The maximum absolute atomic E-state index is 2.66. The molecule has 1 heterocycles. The second-order valence-corrected chi connectivity index (χ2v) is 6.07. The van der Waals surface area contributed by atoms with Crippen molar-refractivity contribution in [3.8, 4) is 0 Å². The fraction of sp³-hybridized carbons (Fsp3) is 0.667. The molecule has 1 heteroatoms. The van der Waals surface area contributed by atoms with E-state index in [0.717, 1.165) is 5.92 Å². The van der Waals surface area contributed by atoms with Crippen LogP contribution < -0.4 is 0 Å². The molecule has 1 aliphatic heterocycles. The van der Waals surface area contributed by atoms with Crippen LogP contribution in [0.15, 0.2) is 30.3 Å². The van der Waals surface area contributed by atoms with E-state index in [0.29, 0.717) is 11.5 Å². The molecule has 1 aromatic rings. The number of hydrogen-bond acceptors (Lipinski definition) is 1. The monoisotopic (exact) mass is 263 g/mol. The first kappa shape index (κ1) is 16.2. The largest absolute Gasteiger partial charge is 0.297 e. The summed E-state index contributed by atoms with van der Waals surface area (Å²) in [4.78, 5) is 2.66. The van der Waals surface area contributed by atoms with Crippen molar-refractivity contribution < 1.29 is 1.43 Å². The lowest BCUT2D eigenvalue weighted by Gasteiger charge is -2.35. The van der Waals surface area contributed by atoms with Crippen molar-refractivity contribution in [3.63, 3.8) is 0 Å². The van der Waals surface area contributed by atoms with E-state index in [1.54, 1.807) is 0 Å². The predicted molar refractivity (Wildman–Crippen MR) is 87.8 cm³/mol. The molecule has 110 valence electrons. The molecular formula is C18H33N. The highest BCUT2D eigenvalue weighted by molar-refractivity contribution is 5.22. The lowest BCUT2D eigenvalue weighted by atomic mass is 9.90. The molecule has 0 unspecified atom stereocenters. The predicted octanol–water partition coefficient (Wildman–Crippen LogP) is 5.18. The van der Waals surface area contributed by atoms with Gasteiger partial charge in [-0.2, -0.15) is 0 Å². The summed E-state index contributed by atoms with van der Waals surface area (Å²) in [6.45, 7) is 15.9. The van der Waals surface area contributed by atoms with E-state index in [4.69, 9.17) is 0 Å². The van der Waals surface area contributed by atoms with E-state index >= 15 is 0 Å². The molecule has 0 aromatic heterocycles. The zero-order valence-electron chi connectivity index (χ0n) is 13.6. The Bertz CT molecular complexity index is 361. The highest BCUT2D eigenvalue weighted by Gasteiger charge is 2.37. The van der Waals surface area contributed by atoms with Crippen LogP contribution in [0.5, 0.6) is 0 Å². The van der Waals surface area contributed by atoms with Crippen molar-refractivity contribution in [2.24, 2.45) is 5.92 Å². The highest BCUT2D eigenvalue weighted by Crippen LogP contribution is 2.36. The molecule has 2 atom stereocenters. The summed E-state index contributed by atoms with van der Waals surface area (Å²) >= 11 is 0. The molecule has 0 spiro atoms. The van der Waals surface area contributed by atoms with E-state index in [-0.39, 0.29) is 1.43 Å². The van der Waals surface area contributed by atoms with Crippen LogP contribution in [0.25, 0.3) is 0 Å². The fourth-order valence-electron chi connectivity index (χ4n) is 2.82. The maximum Gasteiger partial charge on any atom is 0.0151 e. The van der Waals surface area contributed by atoms with Gasteiger partial charge in [0.15, 0.2) is 0 Å². The van der Waals surface area contributed by atoms with E-state index in [2.05, 4.69) is 62.9 Å². The van der Waals surface area contributed by atoms with Crippen molar-refractivity contribution in [2.75, 3.05) is 13.1 Å². The SMILES string of the molecule is CC.CCC(C)(C)N1C[C@@H](C)[C@H](c2ccccc2)C1.[HH]. The molecule has 0 amide bonds. The second kappa shape index (κ2) is 7.09. The number of likely N-dealkylation sites (tertiary alicyclic amines) is 1. The molecule has 0 radical (unpaired) electrons. The van der Waals surface area contributed by atoms with Crippen LogP contribution in [0, 0.1) is 5.92 Å². The molecule has 1 saturated heterocycles. The van der Waals surface area contributed by atoms with Crippen LogP contribution in [-0.4, -0.2) is 23.5 Å². The summed E-state index contributed by atoms with van der Waals surface area (Å²) in [5.41, 5.74) is 1.85. The van der Waals surface area contributed by atoms with Crippen LogP contribution in [-0.2, 0) is 0 Å². The Morgan fingerprint density at radius 3 is 2.26 bits per heavy atom. The zero-order valence-corrected chi connectivity index (χ0v) is 13.6. The van der Waals surface area contributed by atoms with E-state index in [9.17, 15) is 0 Å². The van der Waals surface area contributed by atoms with Crippen molar-refractivity contribution in [1.29, 1.82) is 0 Å². The van der Waals surface area contributed by atoms with Crippen LogP contribution in [0.3, 0.4) is 0 Å². The van der Waals surface area contributed by atoms with Gasteiger partial charge in [0.2, 0.25) is 0 Å². The van der Waals surface area contributed by atoms with Gasteiger partial charge in [-0.15, -0.1) is 0 Å². The van der Waals surface area contributed by atoms with Crippen LogP contribution in [0.1, 0.15) is 60.9 Å². The average Bonchev–Trinajstić information content (AvgIpc) is 2.85. The lowest BCUT2D eigenvalue weighted by molar-refractivity contribution is 0.144. The lowest BCUT2D eigenvalue weighted by Crippen LogP contribution is -2.41. The molecule has 19 heavy (non-hydrogen) atoms. The van der Waals surface area contributed by atoms with Crippen molar-refractivity contribution in [1.82, 2.24) is 4.90 Å². The molecule has 1 aliphatic rings. The Kier molecular flexibility index (Phi) is 6.06. The van der Waals surface area contributed by atoms with Gasteiger partial charge in [0.1, 0.15) is 0 Å². The minimum atomic E-state index is 0. The molecule has 0 bridgehead atoms. The standard InChI is InChI=1S/C16H25N.C2H6.H2/c1-5-16(3,4)17-11-13(2)15(12-17)14-9-7-6-8-10-14;1-2;/h6-10,13,15H,5,11-12H2,1-4H3;1-2H3;1H/t13-,15-;;/m1../s1. The maximum atomic E-state index is 2.66. The van der Waals surface area contributed by atoms with Gasteiger partial charge in [-0.1, -0.05) is 58.0 Å². The Labute approximate surface area is 121 Å². The number of nitrogens with zero attached hydrogens (tertiary/aromatic N) is 1. The molecular weight excluding hydrogens is 230 g/mol. The third-order valence-electron chi connectivity index (χ3n) is 4.56. The Hall–Kier alpha value is -0.820. The fourth-order valence-corrected chi connectivity index (χ4v) is 2.82. The molecule has 1 fully saturated rings. The van der Waals surface area contributed by atoms with Crippen molar-refractivity contribution in [2.45, 2.75) is 59.4 Å². The van der Waals surface area contributed by atoms with Gasteiger partial charge in [-0.25, -0.2) is 0 Å². The summed E-state index contributed by atoms with van der Waals surface area (Å²) in [5.74, 6) is 1.48. The summed E-state index contributed by atoms with van der Waals surface area (Å²) in [7, 11) is 0. The average molecular weight is 263 g/mol. The zero-order chi connectivity index (χ0) is 14.5. The van der Waals surface area contributed by atoms with Crippen molar-refractivity contribution >= 4 is 0 Å². The first-order chi connectivity index (χ1) is 9.04. The van der Waals surface area contributed by atoms with Gasteiger partial charge in [0, 0.05) is 26.0 Å². The van der Waals surface area contributed by atoms with Crippen LogP contribution in [0.4, 0.5) is 0 Å². The number of benzene rings is 1. The van der Waals surface area contributed by atoms with Gasteiger partial charge in [0.05, 0.1) is 0 Å². The van der Waals surface area contributed by atoms with Gasteiger partial charge in [-0.3, -0.25) is 4.90 Å². The topological polar surface area (TPSA) is 3.24 Å². The van der Waals surface area contributed by atoms with Crippen LogP contribution in [0.2, 0.25) is 0 Å². The molecule has 0 saturated carbocycles. The third kappa shape index (κ3) is 3.82. The minimum absolute atomic E-state index is 0. The molecule has 2 rings (SSSR count). The molecule has 0 N–H and O–H groups in total. The molecule has 1 nitrogen and oxygen atoms in total. The minimum Gasteiger partial charge on any atom is -0.297 e. The van der Waals surface area contributed by atoms with Crippen molar-refractivity contribution in [3.05, 3.63) is 35.9 Å². The summed E-state index contributed by atoms with van der Waals surface area (Å²) in [6, 6.07) is 11.0. The Morgan fingerprint density at radius 2 is 1.74 bits per heavy atom. The first-order valence-corrected chi connectivity index (χ1v) is 7.84. The van der Waals surface area contributed by atoms with Crippen LogP contribution >= 0.6 is 0 Å². The summed E-state index contributed by atoms with van der Waals surface area (Å²) in [5, 5.41) is 0. The Balaban J connectivity index is 0.00000115. The van der Waals surface area contributed by atoms with Gasteiger partial charge in [0.25, 0.3) is 0 Å². The van der Waals surface area contributed by atoms with E-state index in [1.807, 2.05) is 13.8 Å². The normalized spacial score (nSPS) is 23.9. The first-order valence-electron chi connectivity index (χ1n) is 7.84. The third-order valence-corrected chi connectivity index (χ3v) is 4.56. The second-order valence-electron chi connectivity index (χ2n) is 6.07. The summed E-state index contributed by atoms with van der Waals surface area (Å²) < 4.78 is 0. The van der Waals surface area contributed by atoms with E-state index < -0.39 is 0 Å². The number of rotatable bonds is 3. The molecule has 1 aromatic carbocycles.